The molecule has 128 valence electrons. The fraction of sp³-hybridized carbons (Fsp3) is 0.688. The SMILES string of the molecule is CC1(C)OB(c2ccc(CN3CCOCC3)nc2)OC1(C)C.Cl. The Hall–Kier alpha value is -0.655. The Morgan fingerprint density at radius 3 is 2.22 bits per heavy atom. The minimum atomic E-state index is -0.338. The van der Waals surface area contributed by atoms with Crippen molar-refractivity contribution in [3.63, 3.8) is 0 Å². The lowest BCUT2D eigenvalue weighted by molar-refractivity contribution is 0.00578. The Kier molecular flexibility index (Phi) is 5.74. The first-order chi connectivity index (χ1) is 10.4. The summed E-state index contributed by atoms with van der Waals surface area (Å²) in [5.74, 6) is 0. The smallest absolute Gasteiger partial charge is 0.399 e. The van der Waals surface area contributed by atoms with Crippen molar-refractivity contribution in [3.05, 3.63) is 24.0 Å². The molecule has 1 aromatic heterocycles. The molecular weight excluding hydrogens is 314 g/mol. The van der Waals surface area contributed by atoms with Gasteiger partial charge in [-0.25, -0.2) is 0 Å². The van der Waals surface area contributed by atoms with Crippen LogP contribution >= 0.6 is 12.4 Å². The molecule has 0 spiro atoms. The number of halogens is 1. The summed E-state index contributed by atoms with van der Waals surface area (Å²) in [4.78, 5) is 6.93. The molecule has 0 unspecified atom stereocenters. The monoisotopic (exact) mass is 340 g/mol. The summed E-state index contributed by atoms with van der Waals surface area (Å²) in [7, 11) is -0.338. The van der Waals surface area contributed by atoms with Crippen molar-refractivity contribution in [1.29, 1.82) is 0 Å². The number of aromatic nitrogens is 1. The summed E-state index contributed by atoms with van der Waals surface area (Å²) in [6.45, 7) is 12.7. The Labute approximate surface area is 145 Å². The van der Waals surface area contributed by atoms with Gasteiger partial charge in [-0.15, -0.1) is 12.4 Å². The average molecular weight is 341 g/mol. The molecule has 0 atom stereocenters. The highest BCUT2D eigenvalue weighted by atomic mass is 35.5. The van der Waals surface area contributed by atoms with Crippen molar-refractivity contribution < 1.29 is 14.0 Å². The van der Waals surface area contributed by atoms with E-state index < -0.39 is 0 Å². The highest BCUT2D eigenvalue weighted by molar-refractivity contribution is 6.62. The van der Waals surface area contributed by atoms with E-state index in [4.69, 9.17) is 14.0 Å². The predicted octanol–water partition coefficient (Wildman–Crippen LogP) is 1.63. The van der Waals surface area contributed by atoms with Crippen molar-refractivity contribution in [1.82, 2.24) is 9.88 Å². The lowest BCUT2D eigenvalue weighted by atomic mass is 9.80. The molecule has 3 heterocycles. The second-order valence-corrected chi connectivity index (χ2v) is 7.06. The molecule has 3 rings (SSSR count). The average Bonchev–Trinajstić information content (AvgIpc) is 2.69. The van der Waals surface area contributed by atoms with Gasteiger partial charge in [-0.2, -0.15) is 0 Å². The molecule has 0 aromatic carbocycles. The molecule has 0 N–H and O–H groups in total. The molecule has 0 saturated carbocycles. The zero-order valence-corrected chi connectivity index (χ0v) is 15.2. The van der Waals surface area contributed by atoms with Crippen LogP contribution in [-0.4, -0.2) is 54.5 Å². The Morgan fingerprint density at radius 1 is 1.09 bits per heavy atom. The van der Waals surface area contributed by atoms with E-state index in [0.29, 0.717) is 0 Å². The van der Waals surface area contributed by atoms with Crippen LogP contribution in [0.2, 0.25) is 0 Å². The van der Waals surface area contributed by atoms with Gasteiger partial charge >= 0.3 is 7.12 Å². The zero-order chi connectivity index (χ0) is 15.8. The van der Waals surface area contributed by atoms with Crippen LogP contribution in [-0.2, 0) is 20.6 Å². The quantitative estimate of drug-likeness (QED) is 0.783. The van der Waals surface area contributed by atoms with Crippen LogP contribution in [0.25, 0.3) is 0 Å². The first kappa shape index (κ1) is 18.7. The molecule has 5 nitrogen and oxygen atoms in total. The third-order valence-corrected chi connectivity index (χ3v) is 4.86. The van der Waals surface area contributed by atoms with Crippen molar-refractivity contribution in [2.75, 3.05) is 26.3 Å². The lowest BCUT2D eigenvalue weighted by Gasteiger charge is -2.32. The van der Waals surface area contributed by atoms with Gasteiger partial charge in [-0.3, -0.25) is 9.88 Å². The van der Waals surface area contributed by atoms with E-state index in [9.17, 15) is 0 Å². The van der Waals surface area contributed by atoms with Gasteiger partial charge in [0.15, 0.2) is 0 Å². The van der Waals surface area contributed by atoms with Crippen LogP contribution in [0.4, 0.5) is 0 Å². The predicted molar refractivity (Wildman–Crippen MR) is 93.3 cm³/mol. The van der Waals surface area contributed by atoms with Crippen LogP contribution in [0.5, 0.6) is 0 Å². The molecule has 1 aromatic rings. The molecule has 2 aliphatic rings. The lowest BCUT2D eigenvalue weighted by Crippen LogP contribution is -2.41. The summed E-state index contributed by atoms with van der Waals surface area (Å²) in [5, 5.41) is 0. The summed E-state index contributed by atoms with van der Waals surface area (Å²) in [5.41, 5.74) is 1.42. The summed E-state index contributed by atoms with van der Waals surface area (Å²) < 4.78 is 17.5. The zero-order valence-electron chi connectivity index (χ0n) is 14.4. The molecule has 0 bridgehead atoms. The third kappa shape index (κ3) is 4.06. The van der Waals surface area contributed by atoms with Crippen LogP contribution in [0, 0.1) is 0 Å². The van der Waals surface area contributed by atoms with Crippen LogP contribution < -0.4 is 5.46 Å². The third-order valence-electron chi connectivity index (χ3n) is 4.86. The molecule has 2 aliphatic heterocycles. The number of ether oxygens (including phenoxy) is 1. The van der Waals surface area contributed by atoms with Crippen LogP contribution in [0.15, 0.2) is 18.3 Å². The highest BCUT2D eigenvalue weighted by Crippen LogP contribution is 2.36. The van der Waals surface area contributed by atoms with Gasteiger partial charge in [-0.1, -0.05) is 6.07 Å². The maximum atomic E-state index is 6.05. The number of rotatable bonds is 3. The van der Waals surface area contributed by atoms with Gasteiger partial charge in [0, 0.05) is 31.3 Å². The van der Waals surface area contributed by atoms with E-state index in [1.807, 2.05) is 6.20 Å². The topological polar surface area (TPSA) is 43.8 Å². The maximum absolute atomic E-state index is 6.05. The fourth-order valence-corrected chi connectivity index (χ4v) is 2.64. The standard InChI is InChI=1S/C16H25BN2O3.ClH/c1-15(2)16(3,4)22-17(21-15)13-5-6-14(18-11-13)12-19-7-9-20-10-8-19;/h5-6,11H,7-10,12H2,1-4H3;1H. The Bertz CT molecular complexity index is 503. The van der Waals surface area contributed by atoms with Crippen molar-refractivity contribution in [2.45, 2.75) is 45.4 Å². The second kappa shape index (κ2) is 7.07. The van der Waals surface area contributed by atoms with E-state index in [1.54, 1.807) is 0 Å². The molecule has 2 saturated heterocycles. The minimum absolute atomic E-state index is 0. The molecule has 0 amide bonds. The minimum Gasteiger partial charge on any atom is -0.399 e. The Morgan fingerprint density at radius 2 is 1.70 bits per heavy atom. The van der Waals surface area contributed by atoms with Crippen LogP contribution in [0.1, 0.15) is 33.4 Å². The van der Waals surface area contributed by atoms with Gasteiger partial charge in [-0.05, 0) is 33.8 Å². The largest absolute Gasteiger partial charge is 0.496 e. The first-order valence-electron chi connectivity index (χ1n) is 7.98. The van der Waals surface area contributed by atoms with E-state index >= 15 is 0 Å². The summed E-state index contributed by atoms with van der Waals surface area (Å²) in [6.07, 6.45) is 1.87. The molecular formula is C16H26BClN2O3. The molecule has 0 aliphatic carbocycles. The van der Waals surface area contributed by atoms with Gasteiger partial charge in [0.25, 0.3) is 0 Å². The maximum Gasteiger partial charge on any atom is 0.496 e. The molecule has 0 radical (unpaired) electrons. The van der Waals surface area contributed by atoms with E-state index in [1.165, 1.54) is 0 Å². The van der Waals surface area contributed by atoms with Crippen LogP contribution in [0.3, 0.4) is 0 Å². The molecule has 23 heavy (non-hydrogen) atoms. The fourth-order valence-electron chi connectivity index (χ4n) is 2.64. The normalized spacial score (nSPS) is 23.6. The van der Waals surface area contributed by atoms with Crippen molar-refractivity contribution in [2.24, 2.45) is 0 Å². The van der Waals surface area contributed by atoms with E-state index in [0.717, 1.165) is 44.0 Å². The van der Waals surface area contributed by atoms with Gasteiger partial charge < -0.3 is 14.0 Å². The summed E-state index contributed by atoms with van der Waals surface area (Å²) in [6, 6.07) is 4.13. The number of pyridine rings is 1. The Balaban J connectivity index is 0.00000192. The van der Waals surface area contributed by atoms with Gasteiger partial charge in [0.05, 0.1) is 30.1 Å². The van der Waals surface area contributed by atoms with Crippen molar-refractivity contribution >= 4 is 25.0 Å². The van der Waals surface area contributed by atoms with Crippen molar-refractivity contribution in [3.8, 4) is 0 Å². The van der Waals surface area contributed by atoms with Gasteiger partial charge in [0.1, 0.15) is 0 Å². The summed E-state index contributed by atoms with van der Waals surface area (Å²) >= 11 is 0. The number of hydrogen-bond acceptors (Lipinski definition) is 5. The number of hydrogen-bond donors (Lipinski definition) is 0. The second-order valence-electron chi connectivity index (χ2n) is 7.06. The molecule has 2 fully saturated rings. The van der Waals surface area contributed by atoms with E-state index in [2.05, 4.69) is 49.7 Å². The molecule has 7 heteroatoms. The number of morpholine rings is 1. The first-order valence-corrected chi connectivity index (χ1v) is 7.98. The highest BCUT2D eigenvalue weighted by Gasteiger charge is 2.51. The van der Waals surface area contributed by atoms with E-state index in [-0.39, 0.29) is 30.7 Å². The van der Waals surface area contributed by atoms with Gasteiger partial charge in [0.2, 0.25) is 0 Å². The number of nitrogens with zero attached hydrogens (tertiary/aromatic N) is 2.